The van der Waals surface area contributed by atoms with Crippen molar-refractivity contribution in [3.8, 4) is 0 Å². The Kier molecular flexibility index (Phi) is 2.71. The Bertz CT molecular complexity index is 1170. The van der Waals surface area contributed by atoms with E-state index in [1.54, 1.807) is 7.05 Å². The van der Waals surface area contributed by atoms with E-state index in [0.29, 0.717) is 0 Å². The predicted molar refractivity (Wildman–Crippen MR) is 97.6 cm³/mol. The Balaban J connectivity index is 2.12. The van der Waals surface area contributed by atoms with Crippen LogP contribution in [0.25, 0.3) is 43.5 Å². The van der Waals surface area contributed by atoms with E-state index in [9.17, 15) is 0 Å². The lowest BCUT2D eigenvalue weighted by Crippen LogP contribution is -1.83. The second kappa shape index (κ2) is 4.90. The van der Waals surface area contributed by atoms with Crippen molar-refractivity contribution in [3.05, 3.63) is 72.8 Å². The Morgan fingerprint density at radius 1 is 0.542 bits per heavy atom. The highest BCUT2D eigenvalue weighted by Gasteiger charge is 2.10. The van der Waals surface area contributed by atoms with Crippen LogP contribution in [0.15, 0.2) is 81.8 Å². The Morgan fingerprint density at radius 2 is 1.00 bits per heavy atom. The summed E-state index contributed by atoms with van der Waals surface area (Å²) in [6.07, 6.45) is 0. The quantitative estimate of drug-likeness (QED) is 0.354. The van der Waals surface area contributed by atoms with E-state index >= 15 is 0 Å². The molecule has 0 N–H and O–H groups in total. The van der Waals surface area contributed by atoms with Crippen LogP contribution in [0.3, 0.4) is 0 Å². The topological polar surface area (TPSA) is 31.2 Å². The van der Waals surface area contributed by atoms with Crippen LogP contribution in [0.1, 0.15) is 0 Å². The third-order valence-electron chi connectivity index (χ3n) is 4.49. The summed E-state index contributed by atoms with van der Waals surface area (Å²) < 4.78 is 12.0. The fourth-order valence-electron chi connectivity index (χ4n) is 3.38. The van der Waals surface area contributed by atoms with Gasteiger partial charge in [0.2, 0.25) is 0 Å². The highest BCUT2D eigenvalue weighted by atomic mass is 16.7. The van der Waals surface area contributed by atoms with E-state index < -0.39 is 0 Å². The van der Waals surface area contributed by atoms with Crippen molar-refractivity contribution in [1.82, 2.24) is 4.91 Å². The number of nitrogens with zero attached hydrogens (tertiary/aromatic N) is 1. The summed E-state index contributed by atoms with van der Waals surface area (Å²) in [6.45, 7) is 0. The van der Waals surface area contributed by atoms with Gasteiger partial charge >= 0.3 is 0 Å². The van der Waals surface area contributed by atoms with Gasteiger partial charge < -0.3 is 9.05 Å². The number of benzene rings is 4. The van der Waals surface area contributed by atoms with Crippen LogP contribution in [0.4, 0.5) is 0 Å². The van der Waals surface area contributed by atoms with Gasteiger partial charge in [-0.05, 0) is 22.9 Å². The monoisotopic (exact) mass is 313 g/mol. The molecule has 24 heavy (non-hydrogen) atoms. The van der Waals surface area contributed by atoms with Crippen LogP contribution < -0.4 is 0 Å². The molecule has 116 valence electrons. The zero-order chi connectivity index (χ0) is 16.1. The minimum atomic E-state index is 0.824. The number of rotatable bonds is 0. The summed E-state index contributed by atoms with van der Waals surface area (Å²) >= 11 is 0. The Morgan fingerprint density at radius 3 is 1.50 bits per heavy atom. The van der Waals surface area contributed by atoms with Crippen molar-refractivity contribution in [2.75, 3.05) is 0 Å². The van der Waals surface area contributed by atoms with Gasteiger partial charge in [-0.2, -0.15) is 0 Å². The molecule has 0 saturated carbocycles. The lowest BCUT2D eigenvalue weighted by Gasteiger charge is -2.01. The summed E-state index contributed by atoms with van der Waals surface area (Å²) in [7, 11) is 1.78. The largest absolute Gasteiger partial charge is 0.349 e. The zero-order valence-corrected chi connectivity index (χ0v) is 13.2. The molecule has 5 aromatic rings. The molecule has 1 heterocycles. The number of fused-ring (bicyclic) bond motifs is 7. The van der Waals surface area contributed by atoms with Crippen LogP contribution >= 0.6 is 0 Å². The van der Waals surface area contributed by atoms with Gasteiger partial charge in [0.05, 0.1) is 7.05 Å². The molecule has 0 aliphatic rings. The maximum absolute atomic E-state index is 6.01. The third-order valence-corrected chi connectivity index (χ3v) is 4.49. The van der Waals surface area contributed by atoms with E-state index in [-0.39, 0.29) is 0 Å². The molecular weight excluding hydrogens is 298 g/mol. The van der Waals surface area contributed by atoms with Crippen LogP contribution in [-0.2, 0) is 7.05 Å². The molecule has 0 bridgehead atoms. The maximum atomic E-state index is 6.01. The highest BCUT2D eigenvalue weighted by molar-refractivity contribution is 6.16. The molecule has 3 heteroatoms. The molecule has 1 aromatic heterocycles. The molecule has 3 nitrogen and oxygen atoms in total. The van der Waals surface area contributed by atoms with Gasteiger partial charge in [0.25, 0.3) is 0 Å². The molecule has 0 spiro atoms. The first kappa shape index (κ1) is 13.3. The van der Waals surface area contributed by atoms with Gasteiger partial charge in [-0.3, -0.25) is 0 Å². The summed E-state index contributed by atoms with van der Waals surface area (Å²) in [5, 5.41) is 6.53. The normalized spacial score (nSPS) is 11.5. The molecule has 0 aliphatic carbocycles. The van der Waals surface area contributed by atoms with Crippen molar-refractivity contribution in [1.29, 1.82) is 0 Å². The van der Waals surface area contributed by atoms with Gasteiger partial charge in [0.1, 0.15) is 0 Å². The first-order valence-electron chi connectivity index (χ1n) is 7.95. The van der Waals surface area contributed by atoms with E-state index in [4.69, 9.17) is 9.05 Å². The first-order valence-corrected chi connectivity index (χ1v) is 7.95. The van der Waals surface area contributed by atoms with Crippen molar-refractivity contribution in [2.45, 2.75) is 0 Å². The smallest absolute Gasteiger partial charge is 0.174 e. The average molecular weight is 313 g/mol. The molecule has 0 radical (unpaired) electrons. The fourth-order valence-corrected chi connectivity index (χ4v) is 3.38. The molecule has 0 atom stereocenters. The summed E-state index contributed by atoms with van der Waals surface area (Å²) in [5.41, 5.74) is 1.65. The molecule has 5 rings (SSSR count). The van der Waals surface area contributed by atoms with Crippen LogP contribution in [0.2, 0.25) is 0 Å². The first-order chi connectivity index (χ1) is 11.8. The average Bonchev–Trinajstić information content (AvgIpc) is 2.77. The molecule has 0 fully saturated rings. The lowest BCUT2D eigenvalue weighted by atomic mass is 10.0. The fraction of sp³-hybridized carbons (Fsp3) is 0.0476. The summed E-state index contributed by atoms with van der Waals surface area (Å²) in [5.74, 6) is 0. The predicted octanol–water partition coefficient (Wildman–Crippen LogP) is 5.95. The minimum Gasteiger partial charge on any atom is -0.349 e. The lowest BCUT2D eigenvalue weighted by molar-refractivity contribution is 0.109. The van der Waals surface area contributed by atoms with Crippen LogP contribution in [0, 0.1) is 0 Å². The number of aryl methyl sites for hydroxylation is 1. The maximum Gasteiger partial charge on any atom is 0.174 e. The summed E-state index contributed by atoms with van der Waals surface area (Å²) in [6, 6.07) is 24.9. The van der Waals surface area contributed by atoms with Crippen molar-refractivity contribution in [2.24, 2.45) is 7.05 Å². The van der Waals surface area contributed by atoms with E-state index in [1.807, 2.05) is 24.3 Å². The molecule has 0 amide bonds. The van der Waals surface area contributed by atoms with Gasteiger partial charge in [-0.15, -0.1) is 0 Å². The van der Waals surface area contributed by atoms with Gasteiger partial charge in [-0.25, -0.2) is 0 Å². The molecule has 0 unspecified atom stereocenters. The van der Waals surface area contributed by atoms with Crippen LogP contribution in [-0.4, -0.2) is 4.91 Å². The second-order valence-corrected chi connectivity index (χ2v) is 5.95. The van der Waals surface area contributed by atoms with Gasteiger partial charge in [0.15, 0.2) is 11.2 Å². The van der Waals surface area contributed by atoms with E-state index in [2.05, 4.69) is 48.5 Å². The van der Waals surface area contributed by atoms with Gasteiger partial charge in [-0.1, -0.05) is 65.6 Å². The van der Waals surface area contributed by atoms with Crippen molar-refractivity contribution >= 4 is 43.5 Å². The minimum absolute atomic E-state index is 0.824. The van der Waals surface area contributed by atoms with Crippen molar-refractivity contribution < 1.29 is 9.05 Å². The zero-order valence-electron chi connectivity index (χ0n) is 13.2. The van der Waals surface area contributed by atoms with Crippen molar-refractivity contribution in [3.63, 3.8) is 0 Å². The third kappa shape index (κ3) is 1.85. The Hall–Kier alpha value is -3.20. The number of hydrogen-bond donors (Lipinski definition) is 0. The molecule has 0 aliphatic heterocycles. The van der Waals surface area contributed by atoms with Gasteiger partial charge in [0, 0.05) is 21.5 Å². The SMILES string of the molecule is Cn1oc2c3ccccc3ccc2c2ccc3ccccc3c2o1. The number of aromatic nitrogens is 1. The molecule has 0 saturated heterocycles. The van der Waals surface area contributed by atoms with E-state index in [1.165, 1.54) is 4.91 Å². The number of hydrogen-bond acceptors (Lipinski definition) is 2. The molecule has 4 aromatic carbocycles. The summed E-state index contributed by atoms with van der Waals surface area (Å²) in [4.78, 5) is 1.43. The second-order valence-electron chi connectivity index (χ2n) is 5.95. The Labute approximate surface area is 137 Å². The van der Waals surface area contributed by atoms with E-state index in [0.717, 1.165) is 43.5 Å². The molecular formula is C21H15NO2. The highest BCUT2D eigenvalue weighted by Crippen LogP contribution is 2.32. The van der Waals surface area contributed by atoms with Crippen LogP contribution in [0.5, 0.6) is 0 Å². The standard InChI is InChI=1S/C21H15NO2/c1-22-23-20-16-8-4-2-6-14(16)10-12-18(20)19-13-11-15-7-3-5-9-17(15)21(19)24-22/h2-13H,1H3.